The molecule has 1 heterocycles. The van der Waals surface area contributed by atoms with Gasteiger partial charge in [0.25, 0.3) is 5.91 Å². The Morgan fingerprint density at radius 3 is 2.40 bits per heavy atom. The third-order valence-electron chi connectivity index (χ3n) is 3.48. The molecule has 25 heavy (non-hydrogen) atoms. The van der Waals surface area contributed by atoms with Gasteiger partial charge in [-0.05, 0) is 23.8 Å². The van der Waals surface area contributed by atoms with Crippen molar-refractivity contribution in [2.45, 2.75) is 26.2 Å². The Labute approximate surface area is 145 Å². The van der Waals surface area contributed by atoms with E-state index in [9.17, 15) is 14.4 Å². The Morgan fingerprint density at radius 1 is 1.12 bits per heavy atom. The molecule has 7 heteroatoms. The smallest absolute Gasteiger partial charge is 0.322 e. The van der Waals surface area contributed by atoms with Gasteiger partial charge in [-0.2, -0.15) is 0 Å². The Kier molecular flexibility index (Phi) is 5.94. The van der Waals surface area contributed by atoms with Gasteiger partial charge in [0.2, 0.25) is 5.91 Å². The lowest BCUT2D eigenvalue weighted by Crippen LogP contribution is -2.30. The fourth-order valence-electron chi connectivity index (χ4n) is 2.28. The summed E-state index contributed by atoms with van der Waals surface area (Å²) in [4.78, 5) is 34.3. The maximum absolute atomic E-state index is 12.3. The fraction of sp³-hybridized carbons (Fsp3) is 0.278. The van der Waals surface area contributed by atoms with E-state index in [1.807, 2.05) is 13.8 Å². The highest BCUT2D eigenvalue weighted by Crippen LogP contribution is 2.21. The number of aliphatic carboxylic acids is 1. The van der Waals surface area contributed by atoms with Crippen LogP contribution in [-0.4, -0.2) is 29.4 Å². The second-order valence-electron chi connectivity index (χ2n) is 5.85. The lowest BCUT2D eigenvalue weighted by Gasteiger charge is -2.08. The van der Waals surface area contributed by atoms with Crippen molar-refractivity contribution in [1.29, 1.82) is 0 Å². The van der Waals surface area contributed by atoms with Crippen LogP contribution in [0.25, 0.3) is 0 Å². The zero-order valence-electron chi connectivity index (χ0n) is 14.0. The summed E-state index contributed by atoms with van der Waals surface area (Å²) in [6, 6.07) is 8.41. The average Bonchev–Trinajstić information content (AvgIpc) is 3.05. The van der Waals surface area contributed by atoms with Crippen LogP contribution in [0.3, 0.4) is 0 Å². The van der Waals surface area contributed by atoms with Crippen molar-refractivity contribution in [1.82, 2.24) is 5.32 Å². The van der Waals surface area contributed by atoms with Crippen molar-refractivity contribution in [2.75, 3.05) is 11.9 Å². The van der Waals surface area contributed by atoms with Gasteiger partial charge < -0.3 is 20.2 Å². The highest BCUT2D eigenvalue weighted by Gasteiger charge is 2.17. The minimum Gasteiger partial charge on any atom is -0.480 e. The molecule has 3 N–H and O–H groups in total. The molecule has 1 aromatic heterocycles. The number of hydrogen-bond acceptors (Lipinski definition) is 4. The number of carbonyl (C=O) groups excluding carboxylic acids is 2. The molecule has 132 valence electrons. The topological polar surface area (TPSA) is 109 Å². The van der Waals surface area contributed by atoms with Crippen molar-refractivity contribution in [2.24, 2.45) is 0 Å². The van der Waals surface area contributed by atoms with Gasteiger partial charge in [-0.15, -0.1) is 0 Å². The largest absolute Gasteiger partial charge is 0.480 e. The first-order valence-corrected chi connectivity index (χ1v) is 7.83. The van der Waals surface area contributed by atoms with Gasteiger partial charge in [0.05, 0.1) is 18.2 Å². The summed E-state index contributed by atoms with van der Waals surface area (Å²) in [5.41, 5.74) is 1.80. The molecule has 0 unspecified atom stereocenters. The number of carbonyl (C=O) groups is 3. The Morgan fingerprint density at radius 2 is 1.80 bits per heavy atom. The standard InChI is InChI=1S/C18H20N2O5/c1-11(2)17-14(7-8-25-17)18(24)20-13-5-3-12(4-6-13)9-15(21)19-10-16(22)23/h3-8,11H,9-10H2,1-2H3,(H,19,21)(H,20,24)(H,22,23). The van der Waals surface area contributed by atoms with Crippen LogP contribution in [0.4, 0.5) is 5.69 Å². The highest BCUT2D eigenvalue weighted by atomic mass is 16.4. The molecule has 0 atom stereocenters. The Bertz CT molecular complexity index is 762. The fourth-order valence-corrected chi connectivity index (χ4v) is 2.28. The first kappa shape index (κ1) is 18.3. The lowest BCUT2D eigenvalue weighted by atomic mass is 10.1. The van der Waals surface area contributed by atoms with Crippen LogP contribution in [0.5, 0.6) is 0 Å². The van der Waals surface area contributed by atoms with E-state index in [4.69, 9.17) is 9.52 Å². The van der Waals surface area contributed by atoms with Crippen LogP contribution in [-0.2, 0) is 16.0 Å². The molecule has 0 aliphatic heterocycles. The minimum atomic E-state index is -1.09. The molecule has 0 saturated heterocycles. The summed E-state index contributed by atoms with van der Waals surface area (Å²) in [6.45, 7) is 3.48. The molecule has 0 saturated carbocycles. The lowest BCUT2D eigenvalue weighted by molar-refractivity contribution is -0.137. The zero-order valence-corrected chi connectivity index (χ0v) is 14.0. The maximum Gasteiger partial charge on any atom is 0.322 e. The Balaban J connectivity index is 1.96. The van der Waals surface area contributed by atoms with Crippen LogP contribution in [0.1, 0.15) is 41.4 Å². The number of furan rings is 1. The second kappa shape index (κ2) is 8.14. The first-order chi connectivity index (χ1) is 11.9. The molecule has 0 bridgehead atoms. The molecule has 2 amide bonds. The summed E-state index contributed by atoms with van der Waals surface area (Å²) in [6.07, 6.45) is 1.56. The number of hydrogen-bond donors (Lipinski definition) is 3. The van der Waals surface area contributed by atoms with Gasteiger partial charge in [-0.1, -0.05) is 26.0 Å². The third kappa shape index (κ3) is 5.20. The van der Waals surface area contributed by atoms with Crippen molar-refractivity contribution in [3.8, 4) is 0 Å². The molecule has 0 radical (unpaired) electrons. The van der Waals surface area contributed by atoms with Gasteiger partial charge >= 0.3 is 5.97 Å². The first-order valence-electron chi connectivity index (χ1n) is 7.83. The van der Waals surface area contributed by atoms with Crippen molar-refractivity contribution >= 4 is 23.5 Å². The predicted octanol–water partition coefficient (Wildman–Crippen LogP) is 2.40. The van der Waals surface area contributed by atoms with Crippen molar-refractivity contribution in [3.63, 3.8) is 0 Å². The molecule has 0 aliphatic rings. The SMILES string of the molecule is CC(C)c1occc1C(=O)Nc1ccc(CC(=O)NCC(=O)O)cc1. The number of anilines is 1. The number of amides is 2. The van der Waals surface area contributed by atoms with E-state index in [0.29, 0.717) is 22.6 Å². The van der Waals surface area contributed by atoms with Crippen LogP contribution in [0.15, 0.2) is 41.0 Å². The normalized spacial score (nSPS) is 10.5. The monoisotopic (exact) mass is 344 g/mol. The molecular weight excluding hydrogens is 324 g/mol. The molecule has 2 aromatic rings. The summed E-state index contributed by atoms with van der Waals surface area (Å²) in [5.74, 6) is -0.998. The van der Waals surface area contributed by atoms with Crippen LogP contribution in [0.2, 0.25) is 0 Å². The van der Waals surface area contributed by atoms with Crippen LogP contribution in [0, 0.1) is 0 Å². The van der Waals surface area contributed by atoms with Gasteiger partial charge in [0.1, 0.15) is 12.3 Å². The van der Waals surface area contributed by atoms with E-state index < -0.39 is 12.5 Å². The molecule has 1 aromatic carbocycles. The van der Waals surface area contributed by atoms with Gasteiger partial charge in [0.15, 0.2) is 0 Å². The zero-order chi connectivity index (χ0) is 18.4. The molecule has 0 fully saturated rings. The molecular formula is C18H20N2O5. The quantitative estimate of drug-likeness (QED) is 0.715. The summed E-state index contributed by atoms with van der Waals surface area (Å²) in [7, 11) is 0. The third-order valence-corrected chi connectivity index (χ3v) is 3.48. The number of carboxylic acid groups (broad SMARTS) is 1. The number of benzene rings is 1. The summed E-state index contributed by atoms with van der Waals surface area (Å²) < 4.78 is 5.34. The van der Waals surface area contributed by atoms with Gasteiger partial charge in [-0.3, -0.25) is 14.4 Å². The van der Waals surface area contributed by atoms with E-state index in [1.54, 1.807) is 30.3 Å². The maximum atomic E-state index is 12.3. The molecule has 0 aliphatic carbocycles. The van der Waals surface area contributed by atoms with E-state index in [1.165, 1.54) is 6.26 Å². The molecule has 7 nitrogen and oxygen atoms in total. The second-order valence-corrected chi connectivity index (χ2v) is 5.85. The minimum absolute atomic E-state index is 0.0702. The number of carboxylic acids is 1. The van der Waals surface area contributed by atoms with Crippen molar-refractivity contribution < 1.29 is 23.9 Å². The highest BCUT2D eigenvalue weighted by molar-refractivity contribution is 6.05. The van der Waals surface area contributed by atoms with E-state index in [0.717, 1.165) is 0 Å². The summed E-state index contributed by atoms with van der Waals surface area (Å²) in [5, 5.41) is 13.6. The predicted molar refractivity (Wildman–Crippen MR) is 91.5 cm³/mol. The number of nitrogens with one attached hydrogen (secondary N) is 2. The van der Waals surface area contributed by atoms with Gasteiger partial charge in [-0.25, -0.2) is 0 Å². The van der Waals surface area contributed by atoms with E-state index >= 15 is 0 Å². The number of rotatable bonds is 7. The average molecular weight is 344 g/mol. The van der Waals surface area contributed by atoms with E-state index in [2.05, 4.69) is 10.6 Å². The van der Waals surface area contributed by atoms with Crippen LogP contribution >= 0.6 is 0 Å². The molecule has 0 spiro atoms. The van der Waals surface area contributed by atoms with E-state index in [-0.39, 0.29) is 24.2 Å². The molecule has 2 rings (SSSR count). The summed E-state index contributed by atoms with van der Waals surface area (Å²) >= 11 is 0. The van der Waals surface area contributed by atoms with Crippen LogP contribution < -0.4 is 10.6 Å². The van der Waals surface area contributed by atoms with Crippen molar-refractivity contribution in [3.05, 3.63) is 53.5 Å². The Hall–Kier alpha value is -3.09. The van der Waals surface area contributed by atoms with Gasteiger partial charge in [0, 0.05) is 11.6 Å².